The van der Waals surface area contributed by atoms with Gasteiger partial charge in [-0.3, -0.25) is 9.59 Å². The number of nitrogens with zero attached hydrogens (tertiary/aromatic N) is 1. The lowest BCUT2D eigenvalue weighted by molar-refractivity contribution is -0.129. The molecule has 160 valence electrons. The average molecular weight is 450 g/mol. The third kappa shape index (κ3) is 5.38. The van der Waals surface area contributed by atoms with Crippen molar-refractivity contribution in [2.24, 2.45) is 5.92 Å². The maximum absolute atomic E-state index is 12.8. The molecule has 9 heteroatoms. The topological polar surface area (TPSA) is 95.6 Å². The summed E-state index contributed by atoms with van der Waals surface area (Å²) in [6, 6.07) is 14.1. The van der Waals surface area contributed by atoms with E-state index in [2.05, 4.69) is 10.6 Å². The lowest BCUT2D eigenvalue weighted by Gasteiger charge is -2.31. The maximum atomic E-state index is 12.8. The summed E-state index contributed by atoms with van der Waals surface area (Å²) in [7, 11) is -3.65. The van der Waals surface area contributed by atoms with Gasteiger partial charge in [0, 0.05) is 23.8 Å². The van der Waals surface area contributed by atoms with Crippen molar-refractivity contribution >= 4 is 39.1 Å². The van der Waals surface area contributed by atoms with Gasteiger partial charge in [-0.25, -0.2) is 8.42 Å². The van der Waals surface area contributed by atoms with E-state index in [9.17, 15) is 18.0 Å². The molecule has 1 aliphatic rings. The molecule has 0 bridgehead atoms. The molecule has 1 heterocycles. The van der Waals surface area contributed by atoms with E-state index in [1.54, 1.807) is 61.5 Å². The van der Waals surface area contributed by atoms with E-state index < -0.39 is 22.0 Å². The first-order chi connectivity index (χ1) is 14.3. The van der Waals surface area contributed by atoms with E-state index in [0.717, 1.165) is 0 Å². The van der Waals surface area contributed by atoms with Gasteiger partial charge in [0.1, 0.15) is 6.04 Å². The molecule has 2 aromatic rings. The zero-order valence-corrected chi connectivity index (χ0v) is 18.1. The third-order valence-electron chi connectivity index (χ3n) is 5.00. The van der Waals surface area contributed by atoms with Crippen LogP contribution in [0.15, 0.2) is 59.5 Å². The fourth-order valence-corrected chi connectivity index (χ4v) is 4.97. The number of hydrogen-bond acceptors (Lipinski definition) is 4. The molecule has 0 radical (unpaired) electrons. The van der Waals surface area contributed by atoms with E-state index in [0.29, 0.717) is 30.1 Å². The van der Waals surface area contributed by atoms with E-state index >= 15 is 0 Å². The van der Waals surface area contributed by atoms with Crippen LogP contribution in [0.3, 0.4) is 0 Å². The van der Waals surface area contributed by atoms with Gasteiger partial charge in [-0.05, 0) is 56.2 Å². The SMILES string of the molecule is C[C@H](NC(=O)C1CCCN(S(=O)(=O)c2ccccc2)C1)C(=O)Nc1ccc(Cl)cc1. The molecule has 2 aromatic carbocycles. The Labute approximate surface area is 181 Å². The molecular weight excluding hydrogens is 426 g/mol. The van der Waals surface area contributed by atoms with Crippen molar-refractivity contribution < 1.29 is 18.0 Å². The molecule has 2 N–H and O–H groups in total. The Kier molecular flexibility index (Phi) is 7.12. The second kappa shape index (κ2) is 9.59. The Bertz CT molecular complexity index is 997. The Hall–Kier alpha value is -2.42. The summed E-state index contributed by atoms with van der Waals surface area (Å²) in [6.45, 7) is 2.05. The summed E-state index contributed by atoms with van der Waals surface area (Å²) in [5.74, 6) is -1.21. The number of halogens is 1. The summed E-state index contributed by atoms with van der Waals surface area (Å²) < 4.78 is 27.0. The normalized spacial score (nSPS) is 18.4. The van der Waals surface area contributed by atoms with Crippen LogP contribution in [0, 0.1) is 5.92 Å². The predicted octanol–water partition coefficient (Wildman–Crippen LogP) is 2.88. The van der Waals surface area contributed by atoms with Crippen LogP contribution < -0.4 is 10.6 Å². The standard InChI is InChI=1S/C21H24ClN3O4S/c1-15(20(26)24-18-11-9-17(22)10-12-18)23-21(27)16-6-5-13-25(14-16)30(28,29)19-7-3-2-4-8-19/h2-4,7-12,15-16H,5-6,13-14H2,1H3,(H,23,27)(H,24,26)/t15-,16?/m0/s1. The van der Waals surface area contributed by atoms with E-state index in [1.165, 1.54) is 4.31 Å². The molecule has 2 atom stereocenters. The minimum atomic E-state index is -3.65. The molecular formula is C21H24ClN3O4S. The molecule has 30 heavy (non-hydrogen) atoms. The molecule has 1 saturated heterocycles. The van der Waals surface area contributed by atoms with Crippen molar-refractivity contribution in [2.45, 2.75) is 30.7 Å². The maximum Gasteiger partial charge on any atom is 0.246 e. The molecule has 1 unspecified atom stereocenters. The summed E-state index contributed by atoms with van der Waals surface area (Å²) in [6.07, 6.45) is 1.15. The van der Waals surface area contributed by atoms with Crippen molar-refractivity contribution in [3.05, 3.63) is 59.6 Å². The van der Waals surface area contributed by atoms with Crippen molar-refractivity contribution in [3.8, 4) is 0 Å². The summed E-state index contributed by atoms with van der Waals surface area (Å²) >= 11 is 5.83. The first kappa shape index (κ1) is 22.3. The Balaban J connectivity index is 1.59. The second-order valence-electron chi connectivity index (χ2n) is 7.24. The zero-order valence-electron chi connectivity index (χ0n) is 16.5. The number of nitrogens with one attached hydrogen (secondary N) is 2. The number of piperidine rings is 1. The molecule has 0 spiro atoms. The highest BCUT2D eigenvalue weighted by molar-refractivity contribution is 7.89. The van der Waals surface area contributed by atoms with Gasteiger partial charge in [0.05, 0.1) is 10.8 Å². The van der Waals surface area contributed by atoms with Crippen LogP contribution in [-0.2, 0) is 19.6 Å². The Morgan fingerprint density at radius 2 is 1.77 bits per heavy atom. The Morgan fingerprint density at radius 1 is 1.10 bits per heavy atom. The fraction of sp³-hybridized carbons (Fsp3) is 0.333. The third-order valence-corrected chi connectivity index (χ3v) is 7.13. The zero-order chi connectivity index (χ0) is 21.7. The van der Waals surface area contributed by atoms with E-state index in [1.807, 2.05) is 0 Å². The molecule has 2 amide bonds. The van der Waals surface area contributed by atoms with Crippen LogP contribution in [0.1, 0.15) is 19.8 Å². The van der Waals surface area contributed by atoms with Gasteiger partial charge in [0.15, 0.2) is 0 Å². The van der Waals surface area contributed by atoms with Gasteiger partial charge < -0.3 is 10.6 Å². The number of sulfonamides is 1. The van der Waals surface area contributed by atoms with Gasteiger partial charge in [-0.1, -0.05) is 29.8 Å². The molecule has 3 rings (SSSR count). The molecule has 1 aliphatic heterocycles. The molecule has 0 saturated carbocycles. The van der Waals surface area contributed by atoms with Crippen molar-refractivity contribution in [1.82, 2.24) is 9.62 Å². The highest BCUT2D eigenvalue weighted by Gasteiger charge is 2.34. The van der Waals surface area contributed by atoms with Crippen LogP contribution in [0.5, 0.6) is 0 Å². The fourth-order valence-electron chi connectivity index (χ4n) is 3.30. The average Bonchev–Trinajstić information content (AvgIpc) is 2.76. The monoisotopic (exact) mass is 449 g/mol. The van der Waals surface area contributed by atoms with Gasteiger partial charge >= 0.3 is 0 Å². The van der Waals surface area contributed by atoms with Crippen LogP contribution in [0.25, 0.3) is 0 Å². The van der Waals surface area contributed by atoms with Gasteiger partial charge in [-0.15, -0.1) is 0 Å². The summed E-state index contributed by atoms with van der Waals surface area (Å²) in [5.41, 5.74) is 0.572. The number of hydrogen-bond donors (Lipinski definition) is 2. The largest absolute Gasteiger partial charge is 0.344 e. The first-order valence-electron chi connectivity index (χ1n) is 9.69. The van der Waals surface area contributed by atoms with Crippen molar-refractivity contribution in [1.29, 1.82) is 0 Å². The van der Waals surface area contributed by atoms with Crippen LogP contribution in [0.2, 0.25) is 5.02 Å². The lowest BCUT2D eigenvalue weighted by Crippen LogP contribution is -2.49. The molecule has 7 nitrogen and oxygen atoms in total. The number of carbonyl (C=O) groups is 2. The van der Waals surface area contributed by atoms with Crippen molar-refractivity contribution in [3.63, 3.8) is 0 Å². The number of rotatable bonds is 6. The van der Waals surface area contributed by atoms with Crippen LogP contribution >= 0.6 is 11.6 Å². The Morgan fingerprint density at radius 3 is 2.43 bits per heavy atom. The number of anilines is 1. The van der Waals surface area contributed by atoms with Crippen LogP contribution in [-0.4, -0.2) is 43.7 Å². The minimum Gasteiger partial charge on any atom is -0.344 e. The smallest absolute Gasteiger partial charge is 0.246 e. The highest BCUT2D eigenvalue weighted by Crippen LogP contribution is 2.24. The number of carbonyl (C=O) groups excluding carboxylic acids is 2. The first-order valence-corrected chi connectivity index (χ1v) is 11.5. The lowest BCUT2D eigenvalue weighted by atomic mass is 9.98. The predicted molar refractivity (Wildman–Crippen MR) is 116 cm³/mol. The summed E-state index contributed by atoms with van der Waals surface area (Å²) in [5, 5.41) is 5.96. The van der Waals surface area contributed by atoms with Gasteiger partial charge in [0.2, 0.25) is 21.8 Å². The van der Waals surface area contributed by atoms with Crippen LogP contribution in [0.4, 0.5) is 5.69 Å². The van der Waals surface area contributed by atoms with E-state index in [4.69, 9.17) is 11.6 Å². The molecule has 0 aliphatic carbocycles. The van der Waals surface area contributed by atoms with Gasteiger partial charge in [0.25, 0.3) is 0 Å². The summed E-state index contributed by atoms with van der Waals surface area (Å²) in [4.78, 5) is 25.3. The number of amides is 2. The van der Waals surface area contributed by atoms with E-state index in [-0.39, 0.29) is 23.3 Å². The van der Waals surface area contributed by atoms with Crippen molar-refractivity contribution in [2.75, 3.05) is 18.4 Å². The highest BCUT2D eigenvalue weighted by atomic mass is 35.5. The van der Waals surface area contributed by atoms with Gasteiger partial charge in [-0.2, -0.15) is 4.31 Å². The minimum absolute atomic E-state index is 0.0918. The molecule has 1 fully saturated rings. The second-order valence-corrected chi connectivity index (χ2v) is 9.62. The number of benzene rings is 2. The quantitative estimate of drug-likeness (QED) is 0.708. The molecule has 0 aromatic heterocycles.